The number of halogens is 2. The van der Waals surface area contributed by atoms with E-state index in [0.717, 1.165) is 37.5 Å². The average molecular weight is 393 g/mol. The number of carbonyl (C=O) groups is 1. The Hall–Kier alpha value is -0.820. The SMILES string of the molecule is CS(=O)(=O)N(CCc1ccc(Cl)cc1Cl)CC(=O)NC1CCCC1. The molecule has 1 aromatic carbocycles. The van der Waals surface area contributed by atoms with E-state index in [1.54, 1.807) is 18.2 Å². The zero-order valence-corrected chi connectivity index (χ0v) is 15.9. The van der Waals surface area contributed by atoms with Crippen LogP contribution in [0.3, 0.4) is 0 Å². The fraction of sp³-hybridized carbons (Fsp3) is 0.562. The molecule has 1 aliphatic carbocycles. The molecule has 5 nitrogen and oxygen atoms in total. The van der Waals surface area contributed by atoms with E-state index in [1.807, 2.05) is 0 Å². The van der Waals surface area contributed by atoms with Crippen LogP contribution in [0.5, 0.6) is 0 Å². The lowest BCUT2D eigenvalue weighted by atomic mass is 10.1. The fourth-order valence-electron chi connectivity index (χ4n) is 2.84. The van der Waals surface area contributed by atoms with E-state index in [4.69, 9.17) is 23.2 Å². The minimum Gasteiger partial charge on any atom is -0.352 e. The lowest BCUT2D eigenvalue weighted by molar-refractivity contribution is -0.122. The van der Waals surface area contributed by atoms with Crippen molar-refractivity contribution in [3.63, 3.8) is 0 Å². The molecule has 8 heteroatoms. The summed E-state index contributed by atoms with van der Waals surface area (Å²) in [5, 5.41) is 3.93. The molecular formula is C16H22Cl2N2O3S. The van der Waals surface area contributed by atoms with Crippen LogP contribution in [0.25, 0.3) is 0 Å². The van der Waals surface area contributed by atoms with E-state index in [1.165, 1.54) is 4.31 Å². The van der Waals surface area contributed by atoms with Crippen LogP contribution >= 0.6 is 23.2 Å². The number of nitrogens with one attached hydrogen (secondary N) is 1. The molecule has 1 N–H and O–H groups in total. The lowest BCUT2D eigenvalue weighted by Gasteiger charge is -2.21. The van der Waals surface area contributed by atoms with E-state index in [9.17, 15) is 13.2 Å². The van der Waals surface area contributed by atoms with Gasteiger partial charge in [-0.3, -0.25) is 4.79 Å². The summed E-state index contributed by atoms with van der Waals surface area (Å²) >= 11 is 12.0. The maximum absolute atomic E-state index is 12.1. The molecule has 1 fully saturated rings. The molecule has 0 heterocycles. The highest BCUT2D eigenvalue weighted by molar-refractivity contribution is 7.88. The Morgan fingerprint density at radius 2 is 1.96 bits per heavy atom. The Morgan fingerprint density at radius 3 is 2.54 bits per heavy atom. The van der Waals surface area contributed by atoms with Gasteiger partial charge in [0.2, 0.25) is 15.9 Å². The molecule has 0 radical (unpaired) electrons. The second-order valence-electron chi connectivity index (χ2n) is 6.13. The van der Waals surface area contributed by atoms with Gasteiger partial charge in [-0.1, -0.05) is 42.1 Å². The summed E-state index contributed by atoms with van der Waals surface area (Å²) in [4.78, 5) is 12.1. The number of carbonyl (C=O) groups excluding carboxylic acids is 1. The summed E-state index contributed by atoms with van der Waals surface area (Å²) in [6, 6.07) is 5.27. The topological polar surface area (TPSA) is 66.5 Å². The van der Waals surface area contributed by atoms with E-state index >= 15 is 0 Å². The standard InChI is InChI=1S/C16H22Cl2N2O3S/c1-24(22,23)20(11-16(21)19-14-4-2-3-5-14)9-8-12-6-7-13(17)10-15(12)18/h6-7,10,14H,2-5,8-9,11H2,1H3,(H,19,21). The first-order valence-corrected chi connectivity index (χ1v) is 10.5. The van der Waals surface area contributed by atoms with Crippen molar-refractivity contribution in [1.29, 1.82) is 0 Å². The highest BCUT2D eigenvalue weighted by atomic mass is 35.5. The molecule has 0 saturated heterocycles. The molecule has 0 bridgehead atoms. The van der Waals surface area contributed by atoms with E-state index in [2.05, 4.69) is 5.32 Å². The molecule has 2 rings (SSSR count). The molecule has 1 saturated carbocycles. The number of sulfonamides is 1. The highest BCUT2D eigenvalue weighted by Crippen LogP contribution is 2.22. The molecule has 0 spiro atoms. The van der Waals surface area contributed by atoms with Crippen LogP contribution < -0.4 is 5.32 Å². The van der Waals surface area contributed by atoms with E-state index in [-0.39, 0.29) is 25.0 Å². The van der Waals surface area contributed by atoms with Gasteiger partial charge in [0, 0.05) is 22.6 Å². The Kier molecular flexibility index (Phi) is 6.92. The van der Waals surface area contributed by atoms with Gasteiger partial charge in [0.15, 0.2) is 0 Å². The highest BCUT2D eigenvalue weighted by Gasteiger charge is 2.23. The van der Waals surface area contributed by atoms with Crippen LogP contribution in [0.1, 0.15) is 31.2 Å². The third kappa shape index (κ3) is 5.92. The monoisotopic (exact) mass is 392 g/mol. The molecule has 1 aromatic rings. The summed E-state index contributed by atoms with van der Waals surface area (Å²) in [6.07, 6.45) is 5.67. The smallest absolute Gasteiger partial charge is 0.235 e. The van der Waals surface area contributed by atoms with Gasteiger partial charge in [0.1, 0.15) is 0 Å². The van der Waals surface area contributed by atoms with Gasteiger partial charge < -0.3 is 5.32 Å². The van der Waals surface area contributed by atoms with Gasteiger partial charge in [0.05, 0.1) is 12.8 Å². The normalized spacial score (nSPS) is 15.8. The minimum atomic E-state index is -3.48. The maximum atomic E-state index is 12.1. The number of amides is 1. The lowest BCUT2D eigenvalue weighted by Crippen LogP contribution is -2.43. The van der Waals surface area contributed by atoms with Crippen LogP contribution in [0.15, 0.2) is 18.2 Å². The van der Waals surface area contributed by atoms with Crippen LogP contribution in [0.2, 0.25) is 10.0 Å². The van der Waals surface area contributed by atoms with Gasteiger partial charge in [-0.05, 0) is 37.0 Å². The third-order valence-electron chi connectivity index (χ3n) is 4.15. The first-order valence-electron chi connectivity index (χ1n) is 7.94. The van der Waals surface area contributed by atoms with Gasteiger partial charge in [-0.2, -0.15) is 4.31 Å². The summed E-state index contributed by atoms with van der Waals surface area (Å²) in [6.45, 7) is 0.0266. The van der Waals surface area contributed by atoms with Gasteiger partial charge in [0.25, 0.3) is 0 Å². The summed E-state index contributed by atoms with van der Waals surface area (Å²) in [5.74, 6) is -0.255. The predicted octanol–water partition coefficient (Wildman–Crippen LogP) is 2.86. The molecule has 0 unspecified atom stereocenters. The van der Waals surface area contributed by atoms with Crippen LogP contribution in [-0.2, 0) is 21.2 Å². The summed E-state index contributed by atoms with van der Waals surface area (Å²) in [7, 11) is -3.48. The second kappa shape index (κ2) is 8.52. The van der Waals surface area contributed by atoms with E-state index < -0.39 is 10.0 Å². The third-order valence-corrected chi connectivity index (χ3v) is 5.99. The summed E-state index contributed by atoms with van der Waals surface area (Å²) < 4.78 is 25.1. The number of rotatable bonds is 7. The van der Waals surface area contributed by atoms with Crippen LogP contribution in [-0.4, -0.2) is 44.0 Å². The number of hydrogen-bond acceptors (Lipinski definition) is 3. The molecule has 24 heavy (non-hydrogen) atoms. The van der Waals surface area contributed by atoms with E-state index in [0.29, 0.717) is 16.5 Å². The van der Waals surface area contributed by atoms with Crippen molar-refractivity contribution in [2.75, 3.05) is 19.3 Å². The molecule has 0 aliphatic heterocycles. The van der Waals surface area contributed by atoms with Crippen molar-refractivity contribution >= 4 is 39.1 Å². The Morgan fingerprint density at radius 1 is 1.29 bits per heavy atom. The Labute approximate surface area is 153 Å². The number of hydrogen-bond donors (Lipinski definition) is 1. The molecule has 0 aromatic heterocycles. The van der Waals surface area contributed by atoms with Crippen molar-refractivity contribution in [2.45, 2.75) is 38.1 Å². The quantitative estimate of drug-likeness (QED) is 0.775. The molecule has 1 aliphatic rings. The predicted molar refractivity (Wildman–Crippen MR) is 97.0 cm³/mol. The van der Waals surface area contributed by atoms with Crippen molar-refractivity contribution in [3.8, 4) is 0 Å². The summed E-state index contributed by atoms with van der Waals surface area (Å²) in [5.41, 5.74) is 0.797. The number of nitrogens with zero attached hydrogens (tertiary/aromatic N) is 1. The van der Waals surface area contributed by atoms with Gasteiger partial charge in [-0.25, -0.2) is 8.42 Å². The van der Waals surface area contributed by atoms with Crippen molar-refractivity contribution in [3.05, 3.63) is 33.8 Å². The van der Waals surface area contributed by atoms with Crippen LogP contribution in [0.4, 0.5) is 0 Å². The minimum absolute atomic E-state index is 0.166. The average Bonchev–Trinajstić information content (AvgIpc) is 2.96. The maximum Gasteiger partial charge on any atom is 0.235 e. The van der Waals surface area contributed by atoms with Gasteiger partial charge >= 0.3 is 0 Å². The zero-order valence-electron chi connectivity index (χ0n) is 13.6. The molecule has 134 valence electrons. The first-order chi connectivity index (χ1) is 11.3. The molecular weight excluding hydrogens is 371 g/mol. The first kappa shape index (κ1) is 19.5. The van der Waals surface area contributed by atoms with Crippen molar-refractivity contribution in [2.24, 2.45) is 0 Å². The van der Waals surface area contributed by atoms with Crippen molar-refractivity contribution in [1.82, 2.24) is 9.62 Å². The Bertz CT molecular complexity index is 689. The fourth-order valence-corrected chi connectivity index (χ4v) is 4.11. The van der Waals surface area contributed by atoms with Crippen LogP contribution in [0, 0.1) is 0 Å². The molecule has 1 amide bonds. The molecule has 0 atom stereocenters. The van der Waals surface area contributed by atoms with Gasteiger partial charge in [-0.15, -0.1) is 0 Å². The Balaban J connectivity index is 1.96. The zero-order chi connectivity index (χ0) is 17.7. The number of benzene rings is 1. The largest absolute Gasteiger partial charge is 0.352 e. The second-order valence-corrected chi connectivity index (χ2v) is 8.96. The van der Waals surface area contributed by atoms with Crippen molar-refractivity contribution < 1.29 is 13.2 Å².